The van der Waals surface area contributed by atoms with Crippen molar-refractivity contribution in [1.29, 1.82) is 0 Å². The Balaban J connectivity index is 1.47. The van der Waals surface area contributed by atoms with Crippen LogP contribution in [-0.2, 0) is 4.79 Å². The minimum absolute atomic E-state index is 0.0261. The average Bonchev–Trinajstić information content (AvgIpc) is 3.13. The second-order valence-electron chi connectivity index (χ2n) is 5.21. The molecule has 2 aromatic rings. The van der Waals surface area contributed by atoms with Crippen molar-refractivity contribution in [1.82, 2.24) is 16.2 Å². The highest BCUT2D eigenvalue weighted by Crippen LogP contribution is 2.32. The molecule has 26 heavy (non-hydrogen) atoms. The van der Waals surface area contributed by atoms with Crippen LogP contribution < -0.4 is 25.6 Å². The number of ether oxygens (including phenoxy) is 2. The van der Waals surface area contributed by atoms with E-state index >= 15 is 0 Å². The van der Waals surface area contributed by atoms with Gasteiger partial charge in [0.15, 0.2) is 16.6 Å². The zero-order valence-corrected chi connectivity index (χ0v) is 14.3. The van der Waals surface area contributed by atoms with E-state index in [0.717, 1.165) is 5.56 Å². The Bertz CT molecular complexity index is 868. The van der Waals surface area contributed by atoms with Crippen molar-refractivity contribution in [3.05, 3.63) is 65.7 Å². The second kappa shape index (κ2) is 8.13. The second-order valence-corrected chi connectivity index (χ2v) is 5.62. The highest BCUT2D eigenvalue weighted by molar-refractivity contribution is 7.80. The molecule has 132 valence electrons. The smallest absolute Gasteiger partial charge is 0.269 e. The molecule has 2 aromatic carbocycles. The molecule has 0 atom stereocenters. The van der Waals surface area contributed by atoms with E-state index in [2.05, 4.69) is 16.2 Å². The van der Waals surface area contributed by atoms with Gasteiger partial charge in [-0.05, 0) is 42.1 Å². The first-order valence-electron chi connectivity index (χ1n) is 7.66. The van der Waals surface area contributed by atoms with Gasteiger partial charge in [-0.3, -0.25) is 25.8 Å². The molecule has 0 aliphatic carbocycles. The summed E-state index contributed by atoms with van der Waals surface area (Å²) in [6.45, 7) is 0.130. The predicted molar refractivity (Wildman–Crippen MR) is 99.4 cm³/mol. The first-order chi connectivity index (χ1) is 12.6. The van der Waals surface area contributed by atoms with Gasteiger partial charge in [0, 0.05) is 11.6 Å². The third-order valence-corrected chi connectivity index (χ3v) is 3.59. The largest absolute Gasteiger partial charge is 0.454 e. The van der Waals surface area contributed by atoms with Crippen LogP contribution in [0, 0.1) is 0 Å². The highest BCUT2D eigenvalue weighted by Gasteiger charge is 2.16. The van der Waals surface area contributed by atoms with Crippen molar-refractivity contribution in [3.8, 4) is 11.5 Å². The summed E-state index contributed by atoms with van der Waals surface area (Å²) in [7, 11) is 0. The lowest BCUT2D eigenvalue weighted by Crippen LogP contribution is -2.48. The fourth-order valence-corrected chi connectivity index (χ4v) is 2.30. The molecule has 0 spiro atoms. The Labute approximate surface area is 155 Å². The first kappa shape index (κ1) is 17.4. The van der Waals surface area contributed by atoms with E-state index in [4.69, 9.17) is 21.7 Å². The summed E-state index contributed by atoms with van der Waals surface area (Å²) in [6, 6.07) is 14.2. The molecule has 8 heteroatoms. The monoisotopic (exact) mass is 369 g/mol. The molecule has 0 unspecified atom stereocenters. The number of carbonyl (C=O) groups excluding carboxylic acids is 2. The number of hydrazine groups is 1. The molecular formula is C18H15N3O4S. The van der Waals surface area contributed by atoms with Gasteiger partial charge in [-0.25, -0.2) is 0 Å². The van der Waals surface area contributed by atoms with Crippen LogP contribution in [-0.4, -0.2) is 23.7 Å². The molecule has 0 bridgehead atoms. The normalized spacial score (nSPS) is 11.8. The number of fused-ring (bicyclic) bond motifs is 1. The SMILES string of the molecule is O=C(/C=C/c1ccccc1)NC(=S)NNC(=O)c1ccc2c(c1)OCO2. The summed E-state index contributed by atoms with van der Waals surface area (Å²) in [5.74, 6) is 0.241. The van der Waals surface area contributed by atoms with Crippen LogP contribution in [0.25, 0.3) is 6.08 Å². The van der Waals surface area contributed by atoms with E-state index in [1.807, 2.05) is 30.3 Å². The van der Waals surface area contributed by atoms with Crippen LogP contribution in [0.3, 0.4) is 0 Å². The standard InChI is InChI=1S/C18H15N3O4S/c22-16(9-6-12-4-2-1-3-5-12)19-18(26)21-20-17(23)13-7-8-14-15(10-13)25-11-24-14/h1-10H,11H2,(H,20,23)(H2,19,21,22,26)/b9-6+. The van der Waals surface area contributed by atoms with Crippen LogP contribution in [0.5, 0.6) is 11.5 Å². The molecule has 3 rings (SSSR count). The van der Waals surface area contributed by atoms with Crippen molar-refractivity contribution in [2.24, 2.45) is 0 Å². The van der Waals surface area contributed by atoms with Crippen molar-refractivity contribution in [2.75, 3.05) is 6.79 Å². The Kier molecular flexibility index (Phi) is 5.45. The van der Waals surface area contributed by atoms with Crippen molar-refractivity contribution < 1.29 is 19.1 Å². The summed E-state index contributed by atoms with van der Waals surface area (Å²) in [5.41, 5.74) is 6.12. The molecule has 7 nitrogen and oxygen atoms in total. The number of nitrogens with one attached hydrogen (secondary N) is 3. The maximum absolute atomic E-state index is 12.1. The fourth-order valence-electron chi connectivity index (χ4n) is 2.14. The molecule has 0 saturated carbocycles. The zero-order chi connectivity index (χ0) is 18.4. The van der Waals surface area contributed by atoms with Crippen LogP contribution in [0.4, 0.5) is 0 Å². The fraction of sp³-hybridized carbons (Fsp3) is 0.0556. The number of carbonyl (C=O) groups is 2. The maximum Gasteiger partial charge on any atom is 0.269 e. The van der Waals surface area contributed by atoms with Crippen LogP contribution >= 0.6 is 12.2 Å². The van der Waals surface area contributed by atoms with Crippen molar-refractivity contribution in [2.45, 2.75) is 0 Å². The minimum atomic E-state index is -0.431. The summed E-state index contributed by atoms with van der Waals surface area (Å²) < 4.78 is 10.4. The summed E-state index contributed by atoms with van der Waals surface area (Å²) >= 11 is 4.97. The molecule has 1 aliphatic heterocycles. The number of benzene rings is 2. The van der Waals surface area contributed by atoms with Gasteiger partial charge in [-0.15, -0.1) is 0 Å². The van der Waals surface area contributed by atoms with Crippen LogP contribution in [0.1, 0.15) is 15.9 Å². The molecule has 0 saturated heterocycles. The number of rotatable bonds is 3. The van der Waals surface area contributed by atoms with Gasteiger partial charge in [-0.2, -0.15) is 0 Å². The third kappa shape index (κ3) is 4.58. The summed E-state index contributed by atoms with van der Waals surface area (Å²) in [4.78, 5) is 23.9. The van der Waals surface area contributed by atoms with E-state index in [-0.39, 0.29) is 11.9 Å². The molecule has 0 aromatic heterocycles. The Hall–Kier alpha value is -3.39. The number of hydrogen-bond donors (Lipinski definition) is 3. The topological polar surface area (TPSA) is 88.7 Å². The van der Waals surface area contributed by atoms with Gasteiger partial charge in [0.1, 0.15) is 0 Å². The quantitative estimate of drug-likeness (QED) is 0.434. The van der Waals surface area contributed by atoms with Gasteiger partial charge >= 0.3 is 0 Å². The summed E-state index contributed by atoms with van der Waals surface area (Å²) in [5, 5.41) is 2.41. The molecule has 0 fully saturated rings. The Morgan fingerprint density at radius 1 is 1.00 bits per heavy atom. The van der Waals surface area contributed by atoms with Crippen LogP contribution in [0.15, 0.2) is 54.6 Å². The number of amides is 2. The third-order valence-electron chi connectivity index (χ3n) is 3.39. The molecular weight excluding hydrogens is 354 g/mol. The lowest BCUT2D eigenvalue weighted by molar-refractivity contribution is -0.115. The number of thiocarbonyl (C=S) groups is 1. The Morgan fingerprint density at radius 3 is 2.58 bits per heavy atom. The van der Waals surface area contributed by atoms with Crippen LogP contribution in [0.2, 0.25) is 0 Å². The minimum Gasteiger partial charge on any atom is -0.454 e. The molecule has 2 amide bonds. The first-order valence-corrected chi connectivity index (χ1v) is 8.07. The molecule has 1 aliphatic rings. The zero-order valence-electron chi connectivity index (χ0n) is 13.5. The molecule has 3 N–H and O–H groups in total. The number of hydrogen-bond acceptors (Lipinski definition) is 5. The van der Waals surface area contributed by atoms with Gasteiger partial charge < -0.3 is 9.47 Å². The van der Waals surface area contributed by atoms with Gasteiger partial charge in [0.05, 0.1) is 0 Å². The Morgan fingerprint density at radius 2 is 1.77 bits per heavy atom. The van der Waals surface area contributed by atoms with E-state index in [1.165, 1.54) is 6.08 Å². The van der Waals surface area contributed by atoms with Crippen molar-refractivity contribution in [3.63, 3.8) is 0 Å². The van der Waals surface area contributed by atoms with Crippen molar-refractivity contribution >= 4 is 35.2 Å². The van der Waals surface area contributed by atoms with E-state index < -0.39 is 11.8 Å². The van der Waals surface area contributed by atoms with Gasteiger partial charge in [0.25, 0.3) is 5.91 Å². The predicted octanol–water partition coefficient (Wildman–Crippen LogP) is 1.76. The molecule has 0 radical (unpaired) electrons. The van der Waals surface area contributed by atoms with Gasteiger partial charge in [-0.1, -0.05) is 30.3 Å². The van der Waals surface area contributed by atoms with E-state index in [9.17, 15) is 9.59 Å². The summed E-state index contributed by atoms with van der Waals surface area (Å²) in [6.07, 6.45) is 3.01. The lowest BCUT2D eigenvalue weighted by Gasteiger charge is -2.10. The average molecular weight is 369 g/mol. The van der Waals surface area contributed by atoms with E-state index in [1.54, 1.807) is 24.3 Å². The lowest BCUT2D eigenvalue weighted by atomic mass is 10.2. The van der Waals surface area contributed by atoms with E-state index in [0.29, 0.717) is 17.1 Å². The maximum atomic E-state index is 12.1. The van der Waals surface area contributed by atoms with Gasteiger partial charge in [0.2, 0.25) is 12.7 Å². The molecule has 1 heterocycles. The highest BCUT2D eigenvalue weighted by atomic mass is 32.1.